The molecule has 1 saturated heterocycles. The largest absolute Gasteiger partial charge is 0.314 e. The molecule has 0 radical (unpaired) electrons. The van der Waals surface area contributed by atoms with Gasteiger partial charge in [-0.2, -0.15) is 5.26 Å². The van der Waals surface area contributed by atoms with E-state index in [-0.39, 0.29) is 0 Å². The lowest BCUT2D eigenvalue weighted by molar-refractivity contribution is 0.189. The van der Waals surface area contributed by atoms with Crippen LogP contribution in [0.1, 0.15) is 52.9 Å². The fourth-order valence-corrected chi connectivity index (χ4v) is 2.83. The molecule has 3 unspecified atom stereocenters. The van der Waals surface area contributed by atoms with Gasteiger partial charge in [-0.3, -0.25) is 0 Å². The molecule has 17 heavy (non-hydrogen) atoms. The number of nitrogens with zero attached hydrogens (tertiary/aromatic N) is 2. The minimum absolute atomic E-state index is 0.417. The number of nitriles is 1. The summed E-state index contributed by atoms with van der Waals surface area (Å²) in [6.45, 7) is 8.65. The van der Waals surface area contributed by atoms with Crippen molar-refractivity contribution in [2.24, 2.45) is 11.7 Å². The molecule has 0 aromatic heterocycles. The summed E-state index contributed by atoms with van der Waals surface area (Å²) < 4.78 is 0. The van der Waals surface area contributed by atoms with Crippen LogP contribution in [0.15, 0.2) is 0 Å². The van der Waals surface area contributed by atoms with Crippen LogP contribution in [-0.4, -0.2) is 29.6 Å². The molecule has 0 aromatic rings. The second kappa shape index (κ2) is 6.37. The highest BCUT2D eigenvalue weighted by molar-refractivity contribution is 5.02. The molecule has 0 bridgehead atoms. The summed E-state index contributed by atoms with van der Waals surface area (Å²) in [6, 6.07) is 2.61. The first kappa shape index (κ1) is 14.5. The molecule has 1 aliphatic heterocycles. The Bertz CT molecular complexity index is 267. The van der Waals surface area contributed by atoms with Crippen molar-refractivity contribution in [2.45, 2.75) is 64.5 Å². The van der Waals surface area contributed by atoms with E-state index in [0.717, 1.165) is 12.3 Å². The van der Waals surface area contributed by atoms with Gasteiger partial charge in [0.25, 0.3) is 0 Å². The fraction of sp³-hybridized carbons (Fsp3) is 0.929. The van der Waals surface area contributed by atoms with E-state index >= 15 is 0 Å². The molecule has 3 heteroatoms. The molecule has 2 N–H and O–H groups in total. The third-order valence-electron chi connectivity index (χ3n) is 4.06. The van der Waals surface area contributed by atoms with E-state index in [1.807, 2.05) is 6.92 Å². The number of likely N-dealkylation sites (tertiary alicyclic amines) is 1. The summed E-state index contributed by atoms with van der Waals surface area (Å²) in [6.07, 6.45) is 6.01. The maximum absolute atomic E-state index is 8.98. The third kappa shape index (κ3) is 4.65. The summed E-state index contributed by atoms with van der Waals surface area (Å²) in [5.74, 6) is 0.896. The molecule has 3 atom stereocenters. The fourth-order valence-electron chi connectivity index (χ4n) is 2.83. The normalized spacial score (nSPS) is 27.8. The SMILES string of the molecule is CCC1CCCN(C(C)CC(C)(N)C#N)CC1. The summed E-state index contributed by atoms with van der Waals surface area (Å²) in [7, 11) is 0. The first-order valence-electron chi connectivity index (χ1n) is 6.92. The Morgan fingerprint density at radius 2 is 2.18 bits per heavy atom. The average Bonchev–Trinajstić information content (AvgIpc) is 2.53. The van der Waals surface area contributed by atoms with Crippen LogP contribution in [0.25, 0.3) is 0 Å². The first-order chi connectivity index (χ1) is 7.98. The topological polar surface area (TPSA) is 53.0 Å². The van der Waals surface area contributed by atoms with Gasteiger partial charge in [0.15, 0.2) is 0 Å². The van der Waals surface area contributed by atoms with Crippen molar-refractivity contribution in [3.63, 3.8) is 0 Å². The van der Waals surface area contributed by atoms with Crippen LogP contribution in [0.2, 0.25) is 0 Å². The van der Waals surface area contributed by atoms with Crippen LogP contribution >= 0.6 is 0 Å². The Hall–Kier alpha value is -0.590. The van der Waals surface area contributed by atoms with Crippen molar-refractivity contribution in [3.05, 3.63) is 0 Å². The van der Waals surface area contributed by atoms with Crippen LogP contribution in [0, 0.1) is 17.2 Å². The zero-order chi connectivity index (χ0) is 12.9. The van der Waals surface area contributed by atoms with E-state index < -0.39 is 5.54 Å². The maximum atomic E-state index is 8.98. The molecule has 0 spiro atoms. The highest BCUT2D eigenvalue weighted by Gasteiger charge is 2.26. The van der Waals surface area contributed by atoms with Gasteiger partial charge in [-0.25, -0.2) is 0 Å². The number of hydrogen-bond acceptors (Lipinski definition) is 3. The number of hydrogen-bond donors (Lipinski definition) is 1. The standard InChI is InChI=1S/C14H27N3/c1-4-13-6-5-8-17(9-7-13)12(2)10-14(3,16)11-15/h12-13H,4-10,16H2,1-3H3. The molecule has 0 aliphatic carbocycles. The van der Waals surface area contributed by atoms with Crippen LogP contribution in [-0.2, 0) is 0 Å². The second-order valence-electron chi connectivity index (χ2n) is 5.82. The van der Waals surface area contributed by atoms with E-state index in [1.165, 1.54) is 38.8 Å². The van der Waals surface area contributed by atoms with E-state index in [1.54, 1.807) is 0 Å². The predicted molar refractivity (Wildman–Crippen MR) is 71.5 cm³/mol. The Morgan fingerprint density at radius 3 is 2.76 bits per heavy atom. The molecule has 3 nitrogen and oxygen atoms in total. The minimum atomic E-state index is -0.685. The first-order valence-corrected chi connectivity index (χ1v) is 6.92. The maximum Gasteiger partial charge on any atom is 0.102 e. The van der Waals surface area contributed by atoms with Crippen molar-refractivity contribution in [2.75, 3.05) is 13.1 Å². The second-order valence-corrected chi connectivity index (χ2v) is 5.82. The van der Waals surface area contributed by atoms with Gasteiger partial charge < -0.3 is 10.6 Å². The van der Waals surface area contributed by atoms with Crippen molar-refractivity contribution in [3.8, 4) is 6.07 Å². The van der Waals surface area contributed by atoms with Crippen molar-refractivity contribution in [1.82, 2.24) is 4.90 Å². The molecule has 1 heterocycles. The Labute approximate surface area is 106 Å². The van der Waals surface area contributed by atoms with Gasteiger partial charge >= 0.3 is 0 Å². The average molecular weight is 237 g/mol. The van der Waals surface area contributed by atoms with E-state index in [0.29, 0.717) is 6.04 Å². The van der Waals surface area contributed by atoms with Gasteiger partial charge in [-0.1, -0.05) is 13.3 Å². The molecule has 0 aromatic carbocycles. The van der Waals surface area contributed by atoms with Crippen molar-refractivity contribution >= 4 is 0 Å². The molecular formula is C14H27N3. The van der Waals surface area contributed by atoms with Gasteiger partial charge in [0, 0.05) is 6.04 Å². The van der Waals surface area contributed by atoms with Crippen LogP contribution in [0.5, 0.6) is 0 Å². The van der Waals surface area contributed by atoms with Crippen molar-refractivity contribution in [1.29, 1.82) is 5.26 Å². The lowest BCUT2D eigenvalue weighted by Gasteiger charge is -2.31. The lowest BCUT2D eigenvalue weighted by atomic mass is 9.95. The number of nitrogens with two attached hydrogens (primary N) is 1. The Kier molecular flexibility index (Phi) is 5.42. The van der Waals surface area contributed by atoms with Gasteiger partial charge in [0.1, 0.15) is 5.54 Å². The molecular weight excluding hydrogens is 210 g/mol. The van der Waals surface area contributed by atoms with Gasteiger partial charge in [-0.15, -0.1) is 0 Å². The van der Waals surface area contributed by atoms with Crippen LogP contribution in [0.3, 0.4) is 0 Å². The zero-order valence-electron chi connectivity index (χ0n) is 11.6. The molecule has 0 saturated carbocycles. The van der Waals surface area contributed by atoms with Gasteiger partial charge in [-0.05, 0) is 58.5 Å². The Morgan fingerprint density at radius 1 is 1.47 bits per heavy atom. The molecule has 1 fully saturated rings. The Balaban J connectivity index is 2.47. The zero-order valence-corrected chi connectivity index (χ0v) is 11.6. The van der Waals surface area contributed by atoms with E-state index in [9.17, 15) is 0 Å². The summed E-state index contributed by atoms with van der Waals surface area (Å²) in [4.78, 5) is 2.51. The number of rotatable bonds is 4. The molecule has 98 valence electrons. The summed E-state index contributed by atoms with van der Waals surface area (Å²) >= 11 is 0. The summed E-state index contributed by atoms with van der Waals surface area (Å²) in [5, 5.41) is 8.98. The molecule has 1 aliphatic rings. The smallest absolute Gasteiger partial charge is 0.102 e. The minimum Gasteiger partial charge on any atom is -0.314 e. The third-order valence-corrected chi connectivity index (χ3v) is 4.06. The molecule has 0 amide bonds. The quantitative estimate of drug-likeness (QED) is 0.817. The highest BCUT2D eigenvalue weighted by Crippen LogP contribution is 2.23. The van der Waals surface area contributed by atoms with Crippen LogP contribution < -0.4 is 5.73 Å². The summed E-state index contributed by atoms with van der Waals surface area (Å²) in [5.41, 5.74) is 5.24. The monoisotopic (exact) mass is 237 g/mol. The van der Waals surface area contributed by atoms with Gasteiger partial charge in [0.2, 0.25) is 0 Å². The van der Waals surface area contributed by atoms with Crippen molar-refractivity contribution < 1.29 is 0 Å². The predicted octanol–water partition coefficient (Wildman–Crippen LogP) is 2.52. The van der Waals surface area contributed by atoms with E-state index in [2.05, 4.69) is 24.8 Å². The molecule has 1 rings (SSSR count). The van der Waals surface area contributed by atoms with E-state index in [4.69, 9.17) is 11.0 Å². The van der Waals surface area contributed by atoms with Crippen LogP contribution in [0.4, 0.5) is 0 Å². The highest BCUT2D eigenvalue weighted by atomic mass is 15.2. The lowest BCUT2D eigenvalue weighted by Crippen LogP contribution is -2.44. The van der Waals surface area contributed by atoms with Gasteiger partial charge in [0.05, 0.1) is 6.07 Å².